The Morgan fingerprint density at radius 1 is 1.05 bits per heavy atom. The fourth-order valence-electron chi connectivity index (χ4n) is 4.78. The van der Waals surface area contributed by atoms with Crippen molar-refractivity contribution in [3.63, 3.8) is 0 Å². The first-order chi connectivity index (χ1) is 18.2. The Hall–Kier alpha value is -3.05. The van der Waals surface area contributed by atoms with Gasteiger partial charge in [-0.25, -0.2) is 8.42 Å². The zero-order chi connectivity index (χ0) is 27.4. The lowest BCUT2D eigenvalue weighted by atomic mass is 9.93. The average Bonchev–Trinajstić information content (AvgIpc) is 3.18. The number of ether oxygens (including phenoxy) is 2. The standard InChI is InChI=1S/C28H34N2O7S/c1-19(2)20-5-7-21(8-6-20)25-24(27(32)28(33)30(25)13-4-16-36-3)26(31)22-9-11-23(12-10-22)38(34,35)29-14-17-37-18-15-29/h5-12,19,25,31H,4,13-18H2,1-3H3/b26-24+/t25-/m0/s1. The van der Waals surface area contributed by atoms with Gasteiger partial charge >= 0.3 is 0 Å². The minimum Gasteiger partial charge on any atom is -0.507 e. The summed E-state index contributed by atoms with van der Waals surface area (Å²) in [5.74, 6) is -1.50. The number of sulfonamides is 1. The van der Waals surface area contributed by atoms with Crippen LogP contribution in [0.3, 0.4) is 0 Å². The number of likely N-dealkylation sites (tertiary alicyclic amines) is 1. The Balaban J connectivity index is 1.72. The van der Waals surface area contributed by atoms with Gasteiger partial charge in [-0.2, -0.15) is 4.31 Å². The van der Waals surface area contributed by atoms with Crippen LogP contribution in [0.15, 0.2) is 59.0 Å². The summed E-state index contributed by atoms with van der Waals surface area (Å²) in [6, 6.07) is 12.6. The van der Waals surface area contributed by atoms with Gasteiger partial charge in [-0.05, 0) is 47.7 Å². The largest absolute Gasteiger partial charge is 0.507 e. The minimum atomic E-state index is -3.72. The second-order valence-electron chi connectivity index (χ2n) is 9.70. The van der Waals surface area contributed by atoms with E-state index in [2.05, 4.69) is 13.8 Å². The van der Waals surface area contributed by atoms with Crippen molar-refractivity contribution >= 4 is 27.5 Å². The number of nitrogens with zero attached hydrogens (tertiary/aromatic N) is 2. The molecule has 0 bridgehead atoms. The number of hydrogen-bond donors (Lipinski definition) is 1. The predicted octanol–water partition coefficient (Wildman–Crippen LogP) is 3.29. The Labute approximate surface area is 223 Å². The summed E-state index contributed by atoms with van der Waals surface area (Å²) in [5.41, 5.74) is 2.05. The molecular weight excluding hydrogens is 508 g/mol. The highest BCUT2D eigenvalue weighted by Crippen LogP contribution is 2.40. The van der Waals surface area contributed by atoms with Crippen molar-refractivity contribution in [3.8, 4) is 0 Å². The summed E-state index contributed by atoms with van der Waals surface area (Å²) >= 11 is 0. The number of amides is 1. The number of benzene rings is 2. The molecule has 0 aromatic heterocycles. The van der Waals surface area contributed by atoms with Crippen LogP contribution >= 0.6 is 0 Å². The van der Waals surface area contributed by atoms with Crippen molar-refractivity contribution < 1.29 is 32.6 Å². The molecule has 204 valence electrons. The van der Waals surface area contributed by atoms with Crippen LogP contribution in [-0.4, -0.2) is 81.0 Å². The first-order valence-corrected chi connectivity index (χ1v) is 14.2. The lowest BCUT2D eigenvalue weighted by molar-refractivity contribution is -0.140. The third-order valence-electron chi connectivity index (χ3n) is 6.94. The molecule has 0 unspecified atom stereocenters. The van der Waals surface area contributed by atoms with Crippen LogP contribution in [0.4, 0.5) is 0 Å². The van der Waals surface area contributed by atoms with E-state index >= 15 is 0 Å². The summed E-state index contributed by atoms with van der Waals surface area (Å²) in [6.07, 6.45) is 0.526. The predicted molar refractivity (Wildman–Crippen MR) is 142 cm³/mol. The van der Waals surface area contributed by atoms with Gasteiger partial charge in [0, 0.05) is 38.9 Å². The lowest BCUT2D eigenvalue weighted by Crippen LogP contribution is -2.40. The van der Waals surface area contributed by atoms with Crippen LogP contribution in [0.25, 0.3) is 5.76 Å². The molecule has 2 saturated heterocycles. The number of carbonyl (C=O) groups excluding carboxylic acids is 2. The number of hydrogen-bond acceptors (Lipinski definition) is 7. The number of morpholine rings is 1. The summed E-state index contributed by atoms with van der Waals surface area (Å²) in [7, 11) is -2.15. The second kappa shape index (κ2) is 11.8. The monoisotopic (exact) mass is 542 g/mol. The third kappa shape index (κ3) is 5.54. The van der Waals surface area contributed by atoms with Crippen molar-refractivity contribution in [2.75, 3.05) is 46.6 Å². The quantitative estimate of drug-likeness (QED) is 0.224. The van der Waals surface area contributed by atoms with Gasteiger partial charge in [0.1, 0.15) is 5.76 Å². The first-order valence-electron chi connectivity index (χ1n) is 12.7. The van der Waals surface area contributed by atoms with E-state index in [1.54, 1.807) is 7.11 Å². The molecule has 2 aliphatic rings. The van der Waals surface area contributed by atoms with Gasteiger partial charge in [-0.3, -0.25) is 9.59 Å². The van der Waals surface area contributed by atoms with Gasteiger partial charge in [0.15, 0.2) is 0 Å². The number of rotatable bonds is 9. The molecule has 0 aliphatic carbocycles. The molecule has 38 heavy (non-hydrogen) atoms. The molecule has 2 aromatic rings. The van der Waals surface area contributed by atoms with Crippen molar-refractivity contribution in [2.24, 2.45) is 0 Å². The van der Waals surface area contributed by atoms with E-state index in [0.29, 0.717) is 37.7 Å². The maximum atomic E-state index is 13.2. The molecule has 4 rings (SSSR count). The highest BCUT2D eigenvalue weighted by atomic mass is 32.2. The highest BCUT2D eigenvalue weighted by molar-refractivity contribution is 7.89. The molecule has 1 N–H and O–H groups in total. The zero-order valence-electron chi connectivity index (χ0n) is 21.9. The fraction of sp³-hybridized carbons (Fsp3) is 0.429. The summed E-state index contributed by atoms with van der Waals surface area (Å²) in [4.78, 5) is 27.8. The molecule has 0 radical (unpaired) electrons. The van der Waals surface area contributed by atoms with Gasteiger partial charge in [0.25, 0.3) is 11.7 Å². The van der Waals surface area contributed by atoms with Crippen LogP contribution in [0.1, 0.15) is 48.9 Å². The average molecular weight is 543 g/mol. The Morgan fingerprint density at radius 3 is 2.26 bits per heavy atom. The van der Waals surface area contributed by atoms with E-state index < -0.39 is 27.8 Å². The van der Waals surface area contributed by atoms with E-state index in [9.17, 15) is 23.1 Å². The fourth-order valence-corrected chi connectivity index (χ4v) is 6.18. The molecule has 2 aromatic carbocycles. The van der Waals surface area contributed by atoms with Crippen LogP contribution in [0, 0.1) is 0 Å². The van der Waals surface area contributed by atoms with Gasteiger partial charge in [0.05, 0.1) is 29.7 Å². The van der Waals surface area contributed by atoms with Crippen LogP contribution < -0.4 is 0 Å². The minimum absolute atomic E-state index is 0.0199. The smallest absolute Gasteiger partial charge is 0.295 e. The maximum Gasteiger partial charge on any atom is 0.295 e. The Bertz CT molecular complexity index is 1300. The van der Waals surface area contributed by atoms with Crippen LogP contribution in [-0.2, 0) is 29.1 Å². The van der Waals surface area contributed by atoms with Gasteiger partial charge < -0.3 is 19.5 Å². The normalized spacial score (nSPS) is 20.4. The molecular formula is C28H34N2O7S. The van der Waals surface area contributed by atoms with E-state index in [1.807, 2.05) is 24.3 Å². The van der Waals surface area contributed by atoms with Gasteiger partial charge in [-0.15, -0.1) is 0 Å². The number of methoxy groups -OCH3 is 1. The number of aliphatic hydroxyl groups is 1. The molecule has 1 amide bonds. The number of aliphatic hydroxyl groups excluding tert-OH is 1. The molecule has 10 heteroatoms. The molecule has 0 saturated carbocycles. The van der Waals surface area contributed by atoms with Crippen LogP contribution in [0.2, 0.25) is 0 Å². The van der Waals surface area contributed by atoms with Crippen LogP contribution in [0.5, 0.6) is 0 Å². The molecule has 2 aliphatic heterocycles. The topological polar surface area (TPSA) is 113 Å². The molecule has 2 fully saturated rings. The maximum absolute atomic E-state index is 13.2. The lowest BCUT2D eigenvalue weighted by Gasteiger charge is -2.26. The SMILES string of the molecule is COCCCN1C(=O)C(=O)/C(=C(/O)c2ccc(S(=O)(=O)N3CCOCC3)cc2)[C@@H]1c1ccc(C(C)C)cc1. The summed E-state index contributed by atoms with van der Waals surface area (Å²) in [5, 5.41) is 11.3. The number of ketones is 1. The molecule has 2 heterocycles. The third-order valence-corrected chi connectivity index (χ3v) is 8.85. The zero-order valence-corrected chi connectivity index (χ0v) is 22.7. The summed E-state index contributed by atoms with van der Waals surface area (Å²) in [6.45, 7) is 6.06. The molecule has 1 atom stereocenters. The van der Waals surface area contributed by atoms with E-state index in [4.69, 9.17) is 9.47 Å². The highest BCUT2D eigenvalue weighted by Gasteiger charge is 2.45. The van der Waals surface area contributed by atoms with E-state index in [1.165, 1.54) is 33.5 Å². The molecule has 0 spiro atoms. The van der Waals surface area contributed by atoms with Gasteiger partial charge in [-0.1, -0.05) is 38.1 Å². The number of Topliss-reactive ketones (excluding diaryl/α,β-unsaturated/α-hetero) is 1. The summed E-state index contributed by atoms with van der Waals surface area (Å²) < 4.78 is 37.7. The molecule has 9 nitrogen and oxygen atoms in total. The second-order valence-corrected chi connectivity index (χ2v) is 11.6. The number of carbonyl (C=O) groups is 2. The Morgan fingerprint density at radius 2 is 1.68 bits per heavy atom. The first kappa shape index (κ1) is 28.0. The van der Waals surface area contributed by atoms with Crippen molar-refractivity contribution in [3.05, 3.63) is 70.8 Å². The van der Waals surface area contributed by atoms with E-state index in [-0.39, 0.29) is 41.4 Å². The van der Waals surface area contributed by atoms with Crippen molar-refractivity contribution in [1.29, 1.82) is 0 Å². The van der Waals surface area contributed by atoms with Crippen molar-refractivity contribution in [2.45, 2.75) is 37.1 Å². The van der Waals surface area contributed by atoms with Crippen molar-refractivity contribution in [1.82, 2.24) is 9.21 Å². The van der Waals surface area contributed by atoms with E-state index in [0.717, 1.165) is 5.56 Å². The Kier molecular flexibility index (Phi) is 8.67. The van der Waals surface area contributed by atoms with Gasteiger partial charge in [0.2, 0.25) is 10.0 Å².